The molecule has 0 amide bonds. The second-order valence-electron chi connectivity index (χ2n) is 19.7. The van der Waals surface area contributed by atoms with Crippen LogP contribution in [0.25, 0.3) is 44.1 Å². The number of hydrogen-bond acceptors (Lipinski definition) is 13. The van der Waals surface area contributed by atoms with E-state index in [1.807, 2.05) is 69.7 Å². The highest BCUT2D eigenvalue weighted by Crippen LogP contribution is 2.43. The zero-order chi connectivity index (χ0) is 51.6. The summed E-state index contributed by atoms with van der Waals surface area (Å²) in [5.74, 6) is -0.628. The first kappa shape index (κ1) is 50.5. The monoisotopic (exact) mass is 1010 g/mol. The van der Waals surface area contributed by atoms with Crippen LogP contribution in [0.3, 0.4) is 0 Å². The van der Waals surface area contributed by atoms with E-state index in [9.17, 15) is 10.2 Å². The lowest BCUT2D eigenvalue weighted by Crippen LogP contribution is -2.34. The third kappa shape index (κ3) is 10.0. The second kappa shape index (κ2) is 21.8. The Morgan fingerprint density at radius 2 is 1.19 bits per heavy atom. The van der Waals surface area contributed by atoms with Crippen LogP contribution in [0.2, 0.25) is 0 Å². The van der Waals surface area contributed by atoms with Gasteiger partial charge in [-0.3, -0.25) is 24.9 Å². The molecule has 7 heterocycles. The van der Waals surface area contributed by atoms with Gasteiger partial charge in [0.05, 0.1) is 62.2 Å². The third-order valence-corrected chi connectivity index (χ3v) is 14.7. The maximum atomic E-state index is 15.7. The van der Waals surface area contributed by atoms with Gasteiger partial charge in [-0.2, -0.15) is 10.2 Å². The lowest BCUT2D eigenvalue weighted by atomic mass is 10.0. The minimum atomic E-state index is -0.437. The highest BCUT2D eigenvalue weighted by Gasteiger charge is 2.30. The number of benzene rings is 4. The number of pyridine rings is 2. The molecule has 15 nitrogen and oxygen atoms in total. The Bertz CT molecular complexity index is 3270. The van der Waals surface area contributed by atoms with Gasteiger partial charge in [-0.1, -0.05) is 0 Å². The number of H-pyrrole nitrogens is 1. The number of rotatable bonds is 11. The quantitative estimate of drug-likeness (QED) is 0.113. The summed E-state index contributed by atoms with van der Waals surface area (Å²) in [5, 5.41) is 33.2. The zero-order valence-electron chi connectivity index (χ0n) is 42.9. The van der Waals surface area contributed by atoms with Gasteiger partial charge < -0.3 is 34.2 Å². The Labute approximate surface area is 429 Å². The van der Waals surface area contributed by atoms with E-state index < -0.39 is 11.6 Å². The molecule has 1 atom stereocenters. The van der Waals surface area contributed by atoms with Crippen LogP contribution < -0.4 is 19.3 Å². The van der Waals surface area contributed by atoms with Gasteiger partial charge in [0.15, 0.2) is 23.1 Å². The topological polar surface area (TPSA) is 153 Å². The Hall–Kier alpha value is -7.02. The molecule has 0 aliphatic carbocycles. The van der Waals surface area contributed by atoms with Crippen LogP contribution in [0.5, 0.6) is 11.5 Å². The molecule has 17 heteroatoms. The van der Waals surface area contributed by atoms with Crippen LogP contribution in [0, 0.1) is 11.6 Å². The molecule has 74 heavy (non-hydrogen) atoms. The molecule has 3 N–H and O–H groups in total. The molecule has 0 radical (unpaired) electrons. The van der Waals surface area contributed by atoms with E-state index in [2.05, 4.69) is 64.9 Å². The summed E-state index contributed by atoms with van der Waals surface area (Å²) in [6.45, 7) is 13.2. The third-order valence-electron chi connectivity index (χ3n) is 14.7. The lowest BCUT2D eigenvalue weighted by molar-refractivity contribution is -0.0394. The molecule has 1 unspecified atom stereocenters. The van der Waals surface area contributed by atoms with Crippen LogP contribution >= 0.6 is 0 Å². The molecule has 4 aromatic carbocycles. The number of aromatic nitrogens is 6. The van der Waals surface area contributed by atoms with Gasteiger partial charge in [-0.05, 0) is 130 Å². The van der Waals surface area contributed by atoms with Crippen molar-refractivity contribution in [2.24, 2.45) is 0 Å². The highest BCUT2D eigenvalue weighted by molar-refractivity contribution is 5.93. The molecule has 1 saturated heterocycles. The number of aromatic amines is 1. The average Bonchev–Trinajstić information content (AvgIpc) is 4.08. The van der Waals surface area contributed by atoms with Gasteiger partial charge in [0.25, 0.3) is 0 Å². The van der Waals surface area contributed by atoms with Gasteiger partial charge in [-0.15, -0.1) is 0 Å². The molecule has 11 rings (SSSR count). The maximum absolute atomic E-state index is 15.7. The molecule has 4 aromatic heterocycles. The van der Waals surface area contributed by atoms with E-state index in [0.29, 0.717) is 54.2 Å². The highest BCUT2D eigenvalue weighted by atomic mass is 19.1. The minimum Gasteiger partial charge on any atom is -0.494 e. The minimum absolute atomic E-state index is 0.0260. The first-order valence-corrected chi connectivity index (χ1v) is 25.4. The van der Waals surface area contributed by atoms with Crippen molar-refractivity contribution in [1.82, 2.24) is 39.7 Å². The van der Waals surface area contributed by atoms with E-state index in [0.717, 1.165) is 112 Å². The summed E-state index contributed by atoms with van der Waals surface area (Å²) in [6.07, 6.45) is 14.4. The normalized spacial score (nSPS) is 16.5. The van der Waals surface area contributed by atoms with E-state index in [4.69, 9.17) is 24.2 Å². The van der Waals surface area contributed by atoms with Crippen LogP contribution in [-0.2, 0) is 31.0 Å². The average molecular weight is 1010 g/mol. The number of nitrogens with one attached hydrogen (secondary N) is 1. The predicted octanol–water partition coefficient (Wildman–Crippen LogP) is 10.4. The summed E-state index contributed by atoms with van der Waals surface area (Å²) < 4.78 is 49.7. The SMILES string of the molecule is COc1cc(CO)cc(N2CCN(C(C)C)Cc3c2ccc2ncc(-c4cn[nH]c4)cc32)c1F.COc1cc(CO)cc(N2CCN(C(C)C)Cc3c2ccc2ncc(-c4cnn(C5CCCCO5)c4)cc32)c1F. The Balaban J connectivity index is 0.000000172. The van der Waals surface area contributed by atoms with Crippen molar-refractivity contribution in [3.05, 3.63) is 132 Å². The van der Waals surface area contributed by atoms with Crippen molar-refractivity contribution < 1.29 is 33.2 Å². The predicted molar refractivity (Wildman–Crippen MR) is 284 cm³/mol. The van der Waals surface area contributed by atoms with E-state index in [-0.39, 0.29) is 30.9 Å². The number of fused-ring (bicyclic) bond motifs is 6. The summed E-state index contributed by atoms with van der Waals surface area (Å²) in [6, 6.07) is 19.5. The number of ether oxygens (including phenoxy) is 3. The number of methoxy groups -OCH3 is 2. The van der Waals surface area contributed by atoms with Crippen molar-refractivity contribution in [1.29, 1.82) is 0 Å². The van der Waals surface area contributed by atoms with Crippen LogP contribution in [0.1, 0.15) is 75.4 Å². The number of aliphatic hydroxyl groups excluding tert-OH is 2. The van der Waals surface area contributed by atoms with Crippen molar-refractivity contribution in [3.8, 4) is 33.8 Å². The molecular weight excluding hydrogens is 943 g/mol. The number of halogens is 2. The van der Waals surface area contributed by atoms with Crippen LogP contribution in [0.4, 0.5) is 31.5 Å². The smallest absolute Gasteiger partial charge is 0.188 e. The fraction of sp³-hybridized carbons (Fsp3) is 0.368. The van der Waals surface area contributed by atoms with Gasteiger partial charge >= 0.3 is 0 Å². The van der Waals surface area contributed by atoms with Crippen molar-refractivity contribution in [3.63, 3.8) is 0 Å². The molecule has 8 aromatic rings. The summed E-state index contributed by atoms with van der Waals surface area (Å²) in [5.41, 5.74) is 11.7. The maximum Gasteiger partial charge on any atom is 0.188 e. The Kier molecular flexibility index (Phi) is 14.9. The molecule has 0 spiro atoms. The molecule has 3 aliphatic heterocycles. The number of aliphatic hydroxyl groups is 2. The van der Waals surface area contributed by atoms with Gasteiger partial charge in [0.1, 0.15) is 6.23 Å². The summed E-state index contributed by atoms with van der Waals surface area (Å²) in [4.78, 5) is 18.3. The molecule has 0 saturated carbocycles. The summed E-state index contributed by atoms with van der Waals surface area (Å²) in [7, 11) is 2.89. The van der Waals surface area contributed by atoms with E-state index in [1.165, 1.54) is 14.2 Å². The van der Waals surface area contributed by atoms with Crippen LogP contribution in [0.15, 0.2) is 97.8 Å². The van der Waals surface area contributed by atoms with Crippen molar-refractivity contribution in [2.75, 3.05) is 56.8 Å². The molecule has 386 valence electrons. The molecule has 3 aliphatic rings. The van der Waals surface area contributed by atoms with E-state index >= 15 is 8.78 Å². The fourth-order valence-electron chi connectivity index (χ4n) is 10.4. The first-order valence-electron chi connectivity index (χ1n) is 25.4. The molecule has 1 fully saturated rings. The summed E-state index contributed by atoms with van der Waals surface area (Å²) >= 11 is 0. The van der Waals surface area contributed by atoms with Gasteiger partial charge in [0, 0.05) is 127 Å². The standard InChI is InChI=1S/C31H36FN5O3.C26H28FN5O2/c1-20(2)35-9-10-36(28-12-21(19-38)13-29(39-3)31(28)32)27-8-7-26-24(25(27)18-35)14-22(15-33-26)23-16-34-37(17-23)30-6-4-5-11-40-30;1-16(2)31-6-7-32(24-8-17(15-33)9-25(34-3)26(24)27)23-5-4-22-20(21(23)14-31)10-18(11-28-22)19-12-29-30-13-19/h7-8,12-17,20,30,38H,4-6,9-11,18-19H2,1-3H3;4-5,8-13,16,33H,6-7,14-15H2,1-3H3,(H,29,30). The van der Waals surface area contributed by atoms with Crippen molar-refractivity contribution in [2.45, 2.75) is 91.6 Å². The first-order chi connectivity index (χ1) is 36.0. The second-order valence-corrected chi connectivity index (χ2v) is 19.7. The lowest BCUT2D eigenvalue weighted by Gasteiger charge is -2.27. The van der Waals surface area contributed by atoms with Gasteiger partial charge in [-0.25, -0.2) is 13.5 Å². The Morgan fingerprint density at radius 3 is 1.65 bits per heavy atom. The fourth-order valence-corrected chi connectivity index (χ4v) is 10.4. The number of nitrogens with zero attached hydrogens (tertiary/aromatic N) is 9. The van der Waals surface area contributed by atoms with E-state index in [1.54, 1.807) is 30.5 Å². The molecular formula is C57H64F2N10O5. The molecule has 0 bridgehead atoms. The van der Waals surface area contributed by atoms with Gasteiger partial charge in [0.2, 0.25) is 0 Å². The van der Waals surface area contributed by atoms with Crippen molar-refractivity contribution >= 4 is 44.6 Å². The Morgan fingerprint density at radius 1 is 0.649 bits per heavy atom. The number of hydrogen-bond donors (Lipinski definition) is 3. The number of anilines is 4. The zero-order valence-corrected chi connectivity index (χ0v) is 42.9. The van der Waals surface area contributed by atoms with Crippen LogP contribution in [-0.4, -0.2) is 109 Å². The largest absolute Gasteiger partial charge is 0.494 e.